The summed E-state index contributed by atoms with van der Waals surface area (Å²) in [6.07, 6.45) is 0. The van der Waals surface area contributed by atoms with Crippen molar-refractivity contribution in [2.75, 3.05) is 0 Å². The molecule has 1 aromatic carbocycles. The first-order chi connectivity index (χ1) is 5.70. The van der Waals surface area contributed by atoms with Crippen LogP contribution >= 0.6 is 12.6 Å². The molecule has 0 aliphatic carbocycles. The van der Waals surface area contributed by atoms with Gasteiger partial charge in [0.25, 0.3) is 0 Å². The van der Waals surface area contributed by atoms with Gasteiger partial charge in [0.1, 0.15) is 0 Å². The number of aryl methyl sites for hydroxylation is 1. The van der Waals surface area contributed by atoms with Gasteiger partial charge in [0.2, 0.25) is 5.12 Å². The van der Waals surface area contributed by atoms with Crippen LogP contribution in [0.5, 0.6) is 0 Å². The van der Waals surface area contributed by atoms with E-state index in [2.05, 4.69) is 12.6 Å². The van der Waals surface area contributed by atoms with E-state index in [9.17, 15) is 4.79 Å². The predicted octanol–water partition coefficient (Wildman–Crippen LogP) is 3.09. The Morgan fingerprint density at radius 2 is 1.92 bits per heavy atom. The summed E-state index contributed by atoms with van der Waals surface area (Å²) in [5.74, 6) is 0. The highest BCUT2D eigenvalue weighted by molar-refractivity contribution is 7.97. The van der Waals surface area contributed by atoms with Crippen LogP contribution in [0.15, 0.2) is 24.3 Å². The van der Waals surface area contributed by atoms with E-state index in [1.807, 2.05) is 39.0 Å². The van der Waals surface area contributed by atoms with Crippen LogP contribution in [0.3, 0.4) is 0 Å². The van der Waals surface area contributed by atoms with Gasteiger partial charge in [-0.2, -0.15) is 0 Å². The Hall–Kier alpha value is -0.760. The number of carbonyl (C=O) groups excluding carboxylic acids is 1. The first-order valence-corrected chi connectivity index (χ1v) is 4.45. The molecular formula is C10H14OS. The molecule has 0 aliphatic rings. The Kier molecular flexibility index (Phi) is 5.47. The molecule has 1 rings (SSSR count). The average Bonchev–Trinajstić information content (AvgIpc) is 2.08. The van der Waals surface area contributed by atoms with E-state index in [4.69, 9.17) is 0 Å². The summed E-state index contributed by atoms with van der Waals surface area (Å²) in [5, 5.41) is -0.177. The third-order valence-electron chi connectivity index (χ3n) is 1.27. The summed E-state index contributed by atoms with van der Waals surface area (Å²) >= 11 is 3.70. The Labute approximate surface area is 79.2 Å². The lowest BCUT2D eigenvalue weighted by Gasteiger charge is -1.94. The minimum Gasteiger partial charge on any atom is -0.282 e. The molecule has 66 valence electrons. The minimum absolute atomic E-state index is 0.177. The molecule has 0 heterocycles. The fourth-order valence-electron chi connectivity index (χ4n) is 0.778. The smallest absolute Gasteiger partial charge is 0.216 e. The molecule has 0 unspecified atom stereocenters. The molecule has 1 aromatic rings. The van der Waals surface area contributed by atoms with Gasteiger partial charge in [0.05, 0.1) is 0 Å². The van der Waals surface area contributed by atoms with Crippen LogP contribution < -0.4 is 0 Å². The fraction of sp³-hybridized carbons (Fsp3) is 0.300. The van der Waals surface area contributed by atoms with E-state index in [1.165, 1.54) is 0 Å². The minimum atomic E-state index is -0.177. The maximum atomic E-state index is 10.7. The Morgan fingerprint density at radius 3 is 2.25 bits per heavy atom. The molecule has 0 saturated carbocycles. The quantitative estimate of drug-likeness (QED) is 0.660. The molecule has 0 saturated heterocycles. The normalized spacial score (nSPS) is 8.33. The highest BCUT2D eigenvalue weighted by Crippen LogP contribution is 2.05. The van der Waals surface area contributed by atoms with Crippen molar-refractivity contribution in [3.05, 3.63) is 35.4 Å². The second kappa shape index (κ2) is 5.84. The zero-order valence-electron chi connectivity index (χ0n) is 7.66. The van der Waals surface area contributed by atoms with E-state index in [0.29, 0.717) is 5.56 Å². The SMILES string of the molecule is CC.Cc1cccc(C(=O)S)c1. The fourth-order valence-corrected chi connectivity index (χ4v) is 0.917. The van der Waals surface area contributed by atoms with Crippen molar-refractivity contribution >= 4 is 17.7 Å². The molecule has 0 N–H and O–H groups in total. The lowest BCUT2D eigenvalue weighted by molar-refractivity contribution is 0.109. The van der Waals surface area contributed by atoms with Crippen LogP contribution in [0, 0.1) is 6.92 Å². The molecule has 12 heavy (non-hydrogen) atoms. The molecule has 0 radical (unpaired) electrons. The second-order valence-corrected chi connectivity index (χ2v) is 2.58. The van der Waals surface area contributed by atoms with Crippen molar-refractivity contribution in [2.45, 2.75) is 20.8 Å². The molecule has 1 nitrogen and oxygen atoms in total. The zero-order valence-corrected chi connectivity index (χ0v) is 8.56. The number of rotatable bonds is 1. The average molecular weight is 182 g/mol. The predicted molar refractivity (Wildman–Crippen MR) is 55.8 cm³/mol. The van der Waals surface area contributed by atoms with E-state index in [0.717, 1.165) is 5.56 Å². The van der Waals surface area contributed by atoms with Gasteiger partial charge in [0, 0.05) is 5.56 Å². The highest BCUT2D eigenvalue weighted by Gasteiger charge is 1.97. The summed E-state index contributed by atoms with van der Waals surface area (Å²) < 4.78 is 0. The first-order valence-electron chi connectivity index (χ1n) is 4.00. The van der Waals surface area contributed by atoms with E-state index < -0.39 is 0 Å². The molecule has 0 aromatic heterocycles. The largest absolute Gasteiger partial charge is 0.282 e. The van der Waals surface area contributed by atoms with Crippen molar-refractivity contribution in [3.63, 3.8) is 0 Å². The highest BCUT2D eigenvalue weighted by atomic mass is 32.1. The summed E-state index contributed by atoms with van der Waals surface area (Å²) in [6, 6.07) is 7.36. The molecule has 0 spiro atoms. The maximum absolute atomic E-state index is 10.7. The lowest BCUT2D eigenvalue weighted by atomic mass is 10.2. The molecule has 0 atom stereocenters. The van der Waals surface area contributed by atoms with Gasteiger partial charge < -0.3 is 0 Å². The molecule has 0 fully saturated rings. The summed E-state index contributed by atoms with van der Waals surface area (Å²) in [7, 11) is 0. The number of hydrogen-bond donors (Lipinski definition) is 1. The van der Waals surface area contributed by atoms with Crippen LogP contribution in [-0.2, 0) is 0 Å². The third kappa shape index (κ3) is 3.58. The Morgan fingerprint density at radius 1 is 1.33 bits per heavy atom. The van der Waals surface area contributed by atoms with Crippen LogP contribution in [0.25, 0.3) is 0 Å². The van der Waals surface area contributed by atoms with E-state index in [-0.39, 0.29) is 5.12 Å². The number of hydrogen-bond acceptors (Lipinski definition) is 1. The van der Waals surface area contributed by atoms with Gasteiger partial charge in [-0.1, -0.05) is 37.6 Å². The van der Waals surface area contributed by atoms with Crippen molar-refractivity contribution in [3.8, 4) is 0 Å². The van der Waals surface area contributed by atoms with Crippen molar-refractivity contribution < 1.29 is 4.79 Å². The van der Waals surface area contributed by atoms with Gasteiger partial charge >= 0.3 is 0 Å². The van der Waals surface area contributed by atoms with Crippen LogP contribution in [0.4, 0.5) is 0 Å². The van der Waals surface area contributed by atoms with Gasteiger partial charge in [-0.3, -0.25) is 4.79 Å². The van der Waals surface area contributed by atoms with Crippen molar-refractivity contribution in [1.29, 1.82) is 0 Å². The first kappa shape index (κ1) is 11.2. The van der Waals surface area contributed by atoms with Crippen LogP contribution in [0.1, 0.15) is 29.8 Å². The zero-order chi connectivity index (χ0) is 9.56. The topological polar surface area (TPSA) is 17.1 Å². The summed E-state index contributed by atoms with van der Waals surface area (Å²) in [4.78, 5) is 10.7. The molecule has 0 bridgehead atoms. The molecule has 0 aliphatic heterocycles. The Balaban J connectivity index is 0.000000561. The second-order valence-electron chi connectivity index (χ2n) is 2.17. The van der Waals surface area contributed by atoms with Crippen molar-refractivity contribution in [2.24, 2.45) is 0 Å². The number of carbonyl (C=O) groups is 1. The summed E-state index contributed by atoms with van der Waals surface area (Å²) in [6.45, 7) is 5.94. The summed E-state index contributed by atoms with van der Waals surface area (Å²) in [5.41, 5.74) is 1.74. The monoisotopic (exact) mass is 182 g/mol. The third-order valence-corrected chi connectivity index (χ3v) is 1.52. The van der Waals surface area contributed by atoms with Crippen LogP contribution in [0.2, 0.25) is 0 Å². The maximum Gasteiger partial charge on any atom is 0.216 e. The van der Waals surface area contributed by atoms with Gasteiger partial charge in [-0.05, 0) is 13.0 Å². The van der Waals surface area contributed by atoms with Gasteiger partial charge in [-0.15, -0.1) is 12.6 Å². The molecule has 2 heteroatoms. The van der Waals surface area contributed by atoms with Gasteiger partial charge in [0.15, 0.2) is 0 Å². The standard InChI is InChI=1S/C8H8OS.C2H6/c1-6-3-2-4-7(5-6)8(9)10;1-2/h2-5H,1H3,(H,9,10);1-2H3. The van der Waals surface area contributed by atoms with E-state index >= 15 is 0 Å². The number of benzene rings is 1. The van der Waals surface area contributed by atoms with E-state index in [1.54, 1.807) is 6.07 Å². The lowest BCUT2D eigenvalue weighted by Crippen LogP contribution is -1.87. The molecule has 0 amide bonds. The van der Waals surface area contributed by atoms with Crippen molar-refractivity contribution in [1.82, 2.24) is 0 Å². The van der Waals surface area contributed by atoms with Gasteiger partial charge in [-0.25, -0.2) is 0 Å². The number of thiol groups is 1. The van der Waals surface area contributed by atoms with Crippen LogP contribution in [-0.4, -0.2) is 5.12 Å². The Bertz CT molecular complexity index is 256. The molecular weight excluding hydrogens is 168 g/mol.